The van der Waals surface area contributed by atoms with E-state index in [9.17, 15) is 4.79 Å². The predicted octanol–water partition coefficient (Wildman–Crippen LogP) is 2.53. The fraction of sp³-hybridized carbons (Fsp3) is 0.636. The number of rotatable bonds is 6. The van der Waals surface area contributed by atoms with Crippen molar-refractivity contribution < 1.29 is 14.3 Å². The van der Waals surface area contributed by atoms with Crippen LogP contribution in [0.5, 0.6) is 5.75 Å². The zero-order chi connectivity index (χ0) is 20.5. The second-order valence-corrected chi connectivity index (χ2v) is 7.64. The van der Waals surface area contributed by atoms with Crippen molar-refractivity contribution in [2.75, 3.05) is 59.6 Å². The van der Waals surface area contributed by atoms with E-state index in [2.05, 4.69) is 28.2 Å². The van der Waals surface area contributed by atoms with E-state index in [0.717, 1.165) is 69.3 Å². The zero-order valence-corrected chi connectivity index (χ0v) is 20.5. The molecule has 2 fully saturated rings. The van der Waals surface area contributed by atoms with E-state index in [1.165, 1.54) is 0 Å². The molecule has 1 N–H and O–H groups in total. The number of guanidine groups is 1. The van der Waals surface area contributed by atoms with Crippen LogP contribution in [0.2, 0.25) is 0 Å². The number of carbonyl (C=O) groups excluding carboxylic acids is 1. The number of nitrogens with one attached hydrogen (secondary N) is 1. The number of nitrogens with zero attached hydrogens (tertiary/aromatic N) is 3. The van der Waals surface area contributed by atoms with Crippen molar-refractivity contribution in [2.24, 2.45) is 10.9 Å². The Morgan fingerprint density at radius 3 is 2.53 bits per heavy atom. The molecular formula is C22H35IN4O3. The van der Waals surface area contributed by atoms with Gasteiger partial charge >= 0.3 is 0 Å². The number of likely N-dealkylation sites (tertiary alicyclic amines) is 1. The van der Waals surface area contributed by atoms with Gasteiger partial charge in [0.2, 0.25) is 5.91 Å². The van der Waals surface area contributed by atoms with E-state index in [4.69, 9.17) is 9.47 Å². The summed E-state index contributed by atoms with van der Waals surface area (Å²) in [5, 5.41) is 3.43. The highest BCUT2D eigenvalue weighted by Gasteiger charge is 2.30. The molecule has 0 saturated carbocycles. The quantitative estimate of drug-likeness (QED) is 0.265. The van der Waals surface area contributed by atoms with Gasteiger partial charge in [-0.1, -0.05) is 18.2 Å². The summed E-state index contributed by atoms with van der Waals surface area (Å²) in [6.07, 6.45) is 2.67. The topological polar surface area (TPSA) is 66.4 Å². The second-order valence-electron chi connectivity index (χ2n) is 7.64. The van der Waals surface area contributed by atoms with Crippen molar-refractivity contribution in [3.8, 4) is 5.75 Å². The van der Waals surface area contributed by atoms with Crippen LogP contribution in [0, 0.1) is 12.8 Å². The lowest BCUT2D eigenvalue weighted by Crippen LogP contribution is -2.50. The number of aliphatic imine (C=N–C) groups is 1. The molecule has 0 spiro atoms. The van der Waals surface area contributed by atoms with Gasteiger partial charge in [-0.2, -0.15) is 0 Å². The van der Waals surface area contributed by atoms with Crippen LogP contribution in [0.3, 0.4) is 0 Å². The monoisotopic (exact) mass is 530 g/mol. The molecule has 30 heavy (non-hydrogen) atoms. The number of hydrogen-bond acceptors (Lipinski definition) is 4. The molecule has 1 amide bonds. The molecule has 168 valence electrons. The van der Waals surface area contributed by atoms with Gasteiger partial charge in [-0.3, -0.25) is 9.79 Å². The van der Waals surface area contributed by atoms with E-state index < -0.39 is 0 Å². The van der Waals surface area contributed by atoms with Gasteiger partial charge in [-0.15, -0.1) is 24.0 Å². The first-order chi connectivity index (χ1) is 14.2. The van der Waals surface area contributed by atoms with E-state index in [1.807, 2.05) is 30.1 Å². The zero-order valence-electron chi connectivity index (χ0n) is 18.1. The molecule has 0 unspecified atom stereocenters. The summed E-state index contributed by atoms with van der Waals surface area (Å²) >= 11 is 0. The lowest BCUT2D eigenvalue weighted by atomic mass is 9.95. The maximum atomic E-state index is 12.7. The summed E-state index contributed by atoms with van der Waals surface area (Å²) in [5.41, 5.74) is 1.16. The van der Waals surface area contributed by atoms with Crippen molar-refractivity contribution in [2.45, 2.75) is 26.2 Å². The van der Waals surface area contributed by atoms with E-state index in [0.29, 0.717) is 25.7 Å². The summed E-state index contributed by atoms with van der Waals surface area (Å²) in [6, 6.07) is 8.08. The summed E-state index contributed by atoms with van der Waals surface area (Å²) in [4.78, 5) is 21.3. The number of benzene rings is 1. The van der Waals surface area contributed by atoms with Crippen LogP contribution in [-0.2, 0) is 9.53 Å². The number of hydrogen-bond donors (Lipinski definition) is 1. The minimum atomic E-state index is 0. The number of ether oxygens (including phenoxy) is 2. The molecule has 2 aliphatic heterocycles. The van der Waals surface area contributed by atoms with Gasteiger partial charge in [0, 0.05) is 45.7 Å². The van der Waals surface area contributed by atoms with Gasteiger partial charge in [-0.05, 0) is 37.8 Å². The smallest absolute Gasteiger partial charge is 0.225 e. The Morgan fingerprint density at radius 2 is 1.87 bits per heavy atom. The molecule has 0 radical (unpaired) electrons. The average Bonchev–Trinajstić information content (AvgIpc) is 2.78. The van der Waals surface area contributed by atoms with Crippen LogP contribution in [0.15, 0.2) is 29.3 Å². The molecule has 3 rings (SSSR count). The number of morpholine rings is 1. The van der Waals surface area contributed by atoms with Gasteiger partial charge in [0.25, 0.3) is 0 Å². The first-order valence-electron chi connectivity index (χ1n) is 10.7. The Bertz CT molecular complexity index is 687. The third kappa shape index (κ3) is 7.01. The molecule has 2 aliphatic rings. The van der Waals surface area contributed by atoms with Crippen LogP contribution in [0.25, 0.3) is 0 Å². The molecule has 1 aromatic carbocycles. The summed E-state index contributed by atoms with van der Waals surface area (Å²) < 4.78 is 11.2. The third-order valence-corrected chi connectivity index (χ3v) is 5.63. The van der Waals surface area contributed by atoms with Gasteiger partial charge < -0.3 is 24.6 Å². The highest BCUT2D eigenvalue weighted by Crippen LogP contribution is 2.20. The number of piperidine rings is 1. The number of amides is 1. The van der Waals surface area contributed by atoms with Crippen LogP contribution < -0.4 is 10.1 Å². The molecule has 0 bridgehead atoms. The number of aryl methyl sites for hydroxylation is 1. The molecule has 0 aliphatic carbocycles. The Morgan fingerprint density at radius 1 is 1.17 bits per heavy atom. The molecule has 7 nitrogen and oxygen atoms in total. The second kappa shape index (κ2) is 13.0. The lowest BCUT2D eigenvalue weighted by Gasteiger charge is -2.36. The lowest BCUT2D eigenvalue weighted by molar-refractivity contribution is -0.140. The fourth-order valence-corrected chi connectivity index (χ4v) is 3.89. The van der Waals surface area contributed by atoms with Crippen LogP contribution >= 0.6 is 24.0 Å². The first kappa shape index (κ1) is 24.7. The molecule has 2 heterocycles. The Hall–Kier alpha value is -1.55. The van der Waals surface area contributed by atoms with Crippen molar-refractivity contribution in [3.05, 3.63) is 29.8 Å². The van der Waals surface area contributed by atoms with Gasteiger partial charge in [0.05, 0.1) is 19.8 Å². The molecular weight excluding hydrogens is 495 g/mol. The first-order valence-corrected chi connectivity index (χ1v) is 10.7. The maximum Gasteiger partial charge on any atom is 0.225 e. The van der Waals surface area contributed by atoms with Gasteiger partial charge in [-0.25, -0.2) is 0 Å². The van der Waals surface area contributed by atoms with Gasteiger partial charge in [0.1, 0.15) is 5.75 Å². The average molecular weight is 530 g/mol. The Balaban J connectivity index is 0.00000320. The highest BCUT2D eigenvalue weighted by atomic mass is 127. The molecule has 1 aromatic rings. The van der Waals surface area contributed by atoms with Crippen molar-refractivity contribution in [1.82, 2.24) is 15.1 Å². The molecule has 0 atom stereocenters. The summed E-state index contributed by atoms with van der Waals surface area (Å²) in [7, 11) is 1.82. The minimum absolute atomic E-state index is 0. The van der Waals surface area contributed by atoms with Gasteiger partial charge in [0.15, 0.2) is 5.96 Å². The summed E-state index contributed by atoms with van der Waals surface area (Å²) in [6.45, 7) is 8.04. The number of halogens is 1. The van der Waals surface area contributed by atoms with Crippen LogP contribution in [-0.4, -0.2) is 81.3 Å². The maximum absolute atomic E-state index is 12.7. The Kier molecular flexibility index (Phi) is 10.7. The standard InChI is InChI=1S/C22H34N4O3.HI/c1-18-6-3-4-7-20(18)29-15-5-10-24-22(23-2)26-11-8-19(9-12-26)21(27)25-13-16-28-17-14-25;/h3-4,6-7,19H,5,8-17H2,1-2H3,(H,23,24);1H. The molecule has 2 saturated heterocycles. The number of para-hydroxylation sites is 1. The predicted molar refractivity (Wildman–Crippen MR) is 130 cm³/mol. The van der Waals surface area contributed by atoms with Crippen LogP contribution in [0.1, 0.15) is 24.8 Å². The van der Waals surface area contributed by atoms with E-state index >= 15 is 0 Å². The molecule has 8 heteroatoms. The van der Waals surface area contributed by atoms with E-state index in [-0.39, 0.29) is 29.9 Å². The molecule has 0 aromatic heterocycles. The van der Waals surface area contributed by atoms with Crippen molar-refractivity contribution in [1.29, 1.82) is 0 Å². The fourth-order valence-electron chi connectivity index (χ4n) is 3.89. The SMILES string of the molecule is CN=C(NCCCOc1ccccc1C)N1CCC(C(=O)N2CCOCC2)CC1.I. The Labute approximate surface area is 197 Å². The van der Waals surface area contributed by atoms with Crippen molar-refractivity contribution >= 4 is 35.8 Å². The normalized spacial score (nSPS) is 18.0. The third-order valence-electron chi connectivity index (χ3n) is 5.63. The summed E-state index contributed by atoms with van der Waals surface area (Å²) in [5.74, 6) is 2.29. The number of carbonyl (C=O) groups is 1. The largest absolute Gasteiger partial charge is 0.493 e. The minimum Gasteiger partial charge on any atom is -0.493 e. The van der Waals surface area contributed by atoms with Crippen molar-refractivity contribution in [3.63, 3.8) is 0 Å². The van der Waals surface area contributed by atoms with E-state index in [1.54, 1.807) is 0 Å². The van der Waals surface area contributed by atoms with Crippen LogP contribution in [0.4, 0.5) is 0 Å². The highest BCUT2D eigenvalue weighted by molar-refractivity contribution is 14.0.